The molecule has 1 saturated carbocycles. The van der Waals surface area contributed by atoms with Crippen LogP contribution in [0.2, 0.25) is 0 Å². The number of aliphatic hydroxyl groups excluding tert-OH is 1. The van der Waals surface area contributed by atoms with Gasteiger partial charge in [0, 0.05) is 18.0 Å². The molecule has 1 fully saturated rings. The van der Waals surface area contributed by atoms with Crippen LogP contribution in [0.4, 0.5) is 4.39 Å². The third kappa shape index (κ3) is 3.53. The standard InChI is InChI=1S/C17H18FN3O4/c1-25-13-3-2-10(18)8-12(13)14(9-6-11(22)7-9)21-17(24)15-16(23)20-5-4-19-15/h2-5,8-9,11,14,22H,6-7H2,1H3,(H,20,23)(H,21,24)/t9?,11?,14-/m1/s1. The van der Waals surface area contributed by atoms with Crippen molar-refractivity contribution in [3.8, 4) is 5.75 Å². The molecular formula is C17H18FN3O4. The highest BCUT2D eigenvalue weighted by Gasteiger charge is 2.37. The summed E-state index contributed by atoms with van der Waals surface area (Å²) in [5.41, 5.74) is -0.429. The van der Waals surface area contributed by atoms with E-state index in [0.29, 0.717) is 24.2 Å². The van der Waals surface area contributed by atoms with Gasteiger partial charge in [-0.3, -0.25) is 9.59 Å². The Morgan fingerprint density at radius 1 is 1.48 bits per heavy atom. The summed E-state index contributed by atoms with van der Waals surface area (Å²) in [6.07, 6.45) is 3.10. The highest BCUT2D eigenvalue weighted by molar-refractivity contribution is 5.92. The summed E-state index contributed by atoms with van der Waals surface area (Å²) in [7, 11) is 1.45. The van der Waals surface area contributed by atoms with Crippen molar-refractivity contribution in [2.75, 3.05) is 7.11 Å². The number of nitrogens with zero attached hydrogens (tertiary/aromatic N) is 1. The van der Waals surface area contributed by atoms with Crippen LogP contribution >= 0.6 is 0 Å². The summed E-state index contributed by atoms with van der Waals surface area (Å²) in [6, 6.07) is 3.42. The number of halogens is 1. The van der Waals surface area contributed by atoms with Gasteiger partial charge >= 0.3 is 0 Å². The molecule has 1 aromatic heterocycles. The topological polar surface area (TPSA) is 104 Å². The second kappa shape index (κ2) is 7.02. The van der Waals surface area contributed by atoms with Gasteiger partial charge in [-0.25, -0.2) is 9.37 Å². The molecule has 1 amide bonds. The molecular weight excluding hydrogens is 329 g/mol. The van der Waals surface area contributed by atoms with Gasteiger partial charge in [-0.05, 0) is 37.0 Å². The number of hydrogen-bond acceptors (Lipinski definition) is 5. The maximum Gasteiger partial charge on any atom is 0.279 e. The normalized spacial score (nSPS) is 20.4. The number of nitrogens with one attached hydrogen (secondary N) is 2. The maximum atomic E-state index is 13.7. The van der Waals surface area contributed by atoms with Crippen LogP contribution in [0, 0.1) is 11.7 Å². The number of aromatic nitrogens is 2. The van der Waals surface area contributed by atoms with Crippen molar-refractivity contribution in [3.05, 3.63) is 58.0 Å². The van der Waals surface area contributed by atoms with Crippen LogP contribution in [-0.4, -0.2) is 34.2 Å². The number of amides is 1. The van der Waals surface area contributed by atoms with Crippen LogP contribution in [-0.2, 0) is 0 Å². The van der Waals surface area contributed by atoms with E-state index < -0.39 is 29.4 Å². The Morgan fingerprint density at radius 2 is 2.24 bits per heavy atom. The van der Waals surface area contributed by atoms with Crippen molar-refractivity contribution in [2.45, 2.75) is 25.0 Å². The van der Waals surface area contributed by atoms with E-state index in [1.54, 1.807) is 0 Å². The lowest BCUT2D eigenvalue weighted by molar-refractivity contribution is 0.0230. The summed E-state index contributed by atoms with van der Waals surface area (Å²) >= 11 is 0. The molecule has 0 radical (unpaired) electrons. The molecule has 3 N–H and O–H groups in total. The second-order valence-electron chi connectivity index (χ2n) is 5.99. The second-order valence-corrected chi connectivity index (χ2v) is 5.99. The first-order valence-electron chi connectivity index (χ1n) is 7.85. The highest BCUT2D eigenvalue weighted by Crippen LogP contribution is 2.41. The van der Waals surface area contributed by atoms with E-state index in [2.05, 4.69) is 15.3 Å². The molecule has 1 heterocycles. The molecule has 8 heteroatoms. The summed E-state index contributed by atoms with van der Waals surface area (Å²) < 4.78 is 19.0. The smallest absolute Gasteiger partial charge is 0.279 e. The van der Waals surface area contributed by atoms with E-state index in [-0.39, 0.29) is 11.6 Å². The minimum Gasteiger partial charge on any atom is -0.496 e. The van der Waals surface area contributed by atoms with E-state index in [9.17, 15) is 19.1 Å². The van der Waals surface area contributed by atoms with E-state index in [1.807, 2.05) is 0 Å². The SMILES string of the molecule is COc1ccc(F)cc1[C@H](NC(=O)c1ncc[nH]c1=O)C1CC(O)C1. The van der Waals surface area contributed by atoms with Gasteiger partial charge in [0.1, 0.15) is 11.6 Å². The van der Waals surface area contributed by atoms with Crippen LogP contribution in [0.25, 0.3) is 0 Å². The van der Waals surface area contributed by atoms with E-state index >= 15 is 0 Å². The Morgan fingerprint density at radius 3 is 2.88 bits per heavy atom. The maximum absolute atomic E-state index is 13.7. The van der Waals surface area contributed by atoms with E-state index in [4.69, 9.17) is 4.74 Å². The Hall–Kier alpha value is -2.74. The minimum absolute atomic E-state index is 0.0996. The molecule has 1 aliphatic rings. The molecule has 0 bridgehead atoms. The first-order valence-corrected chi connectivity index (χ1v) is 7.85. The van der Waals surface area contributed by atoms with Gasteiger partial charge in [-0.15, -0.1) is 0 Å². The number of ether oxygens (including phenoxy) is 1. The lowest BCUT2D eigenvalue weighted by Gasteiger charge is -2.38. The number of aromatic amines is 1. The number of H-pyrrole nitrogens is 1. The lowest BCUT2D eigenvalue weighted by atomic mass is 9.74. The fraction of sp³-hybridized carbons (Fsp3) is 0.353. The zero-order chi connectivity index (χ0) is 18.0. The van der Waals surface area contributed by atoms with Crippen LogP contribution in [0.5, 0.6) is 5.75 Å². The molecule has 3 rings (SSSR count). The predicted molar refractivity (Wildman–Crippen MR) is 86.7 cm³/mol. The van der Waals surface area contributed by atoms with E-state index in [0.717, 1.165) is 0 Å². The first kappa shape index (κ1) is 17.1. The highest BCUT2D eigenvalue weighted by atomic mass is 19.1. The van der Waals surface area contributed by atoms with Gasteiger partial charge in [-0.1, -0.05) is 0 Å². The molecule has 0 spiro atoms. The zero-order valence-corrected chi connectivity index (χ0v) is 13.5. The largest absolute Gasteiger partial charge is 0.496 e. The van der Waals surface area contributed by atoms with Gasteiger partial charge in [-0.2, -0.15) is 0 Å². The predicted octanol–water partition coefficient (Wildman–Crippen LogP) is 1.16. The van der Waals surface area contributed by atoms with Crippen LogP contribution < -0.4 is 15.6 Å². The van der Waals surface area contributed by atoms with Crippen LogP contribution in [0.15, 0.2) is 35.4 Å². The molecule has 1 aliphatic carbocycles. The Bertz CT molecular complexity index is 833. The third-order valence-corrected chi connectivity index (χ3v) is 4.36. The number of benzene rings is 1. The molecule has 7 nitrogen and oxygen atoms in total. The minimum atomic E-state index is -0.667. The fourth-order valence-electron chi connectivity index (χ4n) is 3.02. The van der Waals surface area contributed by atoms with Crippen LogP contribution in [0.3, 0.4) is 0 Å². The van der Waals surface area contributed by atoms with E-state index in [1.165, 1.54) is 37.7 Å². The van der Waals surface area contributed by atoms with Crippen molar-refractivity contribution in [1.82, 2.24) is 15.3 Å². The molecule has 1 aromatic carbocycles. The van der Waals surface area contributed by atoms with Gasteiger partial charge in [0.05, 0.1) is 19.3 Å². The number of rotatable bonds is 5. The Kier molecular flexibility index (Phi) is 4.80. The van der Waals surface area contributed by atoms with Crippen LogP contribution in [0.1, 0.15) is 34.9 Å². The van der Waals surface area contributed by atoms with Crippen molar-refractivity contribution >= 4 is 5.91 Å². The zero-order valence-electron chi connectivity index (χ0n) is 13.5. The van der Waals surface area contributed by atoms with Gasteiger partial charge in [0.25, 0.3) is 11.5 Å². The van der Waals surface area contributed by atoms with Crippen molar-refractivity contribution in [3.63, 3.8) is 0 Å². The molecule has 0 saturated heterocycles. The quantitative estimate of drug-likeness (QED) is 0.753. The van der Waals surface area contributed by atoms with Crippen molar-refractivity contribution in [1.29, 1.82) is 0 Å². The van der Waals surface area contributed by atoms with Gasteiger partial charge < -0.3 is 20.1 Å². The monoisotopic (exact) mass is 347 g/mol. The van der Waals surface area contributed by atoms with Crippen molar-refractivity contribution < 1.29 is 19.0 Å². The van der Waals surface area contributed by atoms with Gasteiger partial charge in [0.15, 0.2) is 5.69 Å². The molecule has 0 unspecified atom stereocenters. The third-order valence-electron chi connectivity index (χ3n) is 4.36. The van der Waals surface area contributed by atoms with Gasteiger partial charge in [0.2, 0.25) is 0 Å². The lowest BCUT2D eigenvalue weighted by Crippen LogP contribution is -2.43. The summed E-state index contributed by atoms with van der Waals surface area (Å²) in [5, 5.41) is 12.3. The molecule has 2 aromatic rings. The number of carbonyl (C=O) groups excluding carboxylic acids is 1. The number of carbonyl (C=O) groups is 1. The molecule has 25 heavy (non-hydrogen) atoms. The summed E-state index contributed by atoms with van der Waals surface area (Å²) in [6.45, 7) is 0. The number of aliphatic hydroxyl groups is 1. The first-order chi connectivity index (χ1) is 12.0. The van der Waals surface area contributed by atoms with Crippen molar-refractivity contribution in [2.24, 2.45) is 5.92 Å². The summed E-state index contributed by atoms with van der Waals surface area (Å²) in [5.74, 6) is -0.814. The summed E-state index contributed by atoms with van der Waals surface area (Å²) in [4.78, 5) is 30.4. The Balaban J connectivity index is 1.94. The molecule has 132 valence electrons. The fourth-order valence-corrected chi connectivity index (χ4v) is 3.02. The molecule has 0 aliphatic heterocycles. The number of methoxy groups -OCH3 is 1. The molecule has 1 atom stereocenters. The average Bonchev–Trinajstić information content (AvgIpc) is 2.57. The average molecular weight is 347 g/mol. The Labute approximate surface area is 142 Å². The number of hydrogen-bond donors (Lipinski definition) is 3.